The van der Waals surface area contributed by atoms with Gasteiger partial charge in [-0.05, 0) is 51.4 Å². The van der Waals surface area contributed by atoms with Crippen molar-refractivity contribution in [1.82, 2.24) is 4.90 Å². The number of halogens is 1. The molecule has 1 aliphatic rings. The Morgan fingerprint density at radius 1 is 0.903 bits per heavy atom. The van der Waals surface area contributed by atoms with Crippen molar-refractivity contribution in [2.75, 3.05) is 0 Å². The summed E-state index contributed by atoms with van der Waals surface area (Å²) in [4.78, 5) is 27.2. The van der Waals surface area contributed by atoms with Crippen molar-refractivity contribution < 1.29 is 14.0 Å². The molecule has 0 aliphatic carbocycles. The molecule has 4 aromatic carbocycles. The standard InChI is InChI=1S/C25H14FNO2S2/c26-21-12-6-5-11-19(21)23(28)27-24(29)22(31-25(27)30)14-20-17-9-3-1-7-15(17)13-16-8-2-4-10-18(16)20/h1-14H/b22-14-. The minimum absolute atomic E-state index is 0.0917. The number of fused-ring (bicyclic) bond motifs is 2. The average Bonchev–Trinajstić information content (AvgIpc) is 3.06. The number of hydrogen-bond donors (Lipinski definition) is 0. The molecule has 5 rings (SSSR count). The Kier molecular flexibility index (Phi) is 4.88. The van der Waals surface area contributed by atoms with Crippen LogP contribution in [0.1, 0.15) is 15.9 Å². The van der Waals surface area contributed by atoms with Crippen molar-refractivity contribution in [2.45, 2.75) is 0 Å². The molecule has 0 radical (unpaired) electrons. The molecule has 150 valence electrons. The fourth-order valence-corrected chi connectivity index (χ4v) is 4.97. The van der Waals surface area contributed by atoms with Crippen LogP contribution >= 0.6 is 24.0 Å². The molecule has 31 heavy (non-hydrogen) atoms. The number of thiocarbonyl (C=S) groups is 1. The second kappa shape index (κ2) is 7.72. The molecule has 0 saturated carbocycles. The van der Waals surface area contributed by atoms with E-state index in [9.17, 15) is 14.0 Å². The number of imide groups is 1. The van der Waals surface area contributed by atoms with Gasteiger partial charge in [-0.3, -0.25) is 9.59 Å². The SMILES string of the molecule is O=C1/C(=C/c2c3ccccc3cc3ccccc23)SC(=S)N1C(=O)c1ccccc1F. The fraction of sp³-hybridized carbons (Fsp3) is 0. The molecule has 0 N–H and O–H groups in total. The van der Waals surface area contributed by atoms with Gasteiger partial charge in [0.05, 0.1) is 10.5 Å². The first-order valence-electron chi connectivity index (χ1n) is 9.52. The Labute approximate surface area is 187 Å². The van der Waals surface area contributed by atoms with Crippen molar-refractivity contribution in [2.24, 2.45) is 0 Å². The van der Waals surface area contributed by atoms with Crippen molar-refractivity contribution in [1.29, 1.82) is 0 Å². The van der Waals surface area contributed by atoms with Crippen LogP contribution in [0, 0.1) is 5.82 Å². The topological polar surface area (TPSA) is 37.4 Å². The molecule has 0 unspecified atom stereocenters. The fourth-order valence-electron chi connectivity index (χ4n) is 3.73. The highest BCUT2D eigenvalue weighted by molar-refractivity contribution is 8.26. The molecule has 0 atom stereocenters. The van der Waals surface area contributed by atoms with Crippen molar-refractivity contribution in [3.8, 4) is 0 Å². The highest BCUT2D eigenvalue weighted by atomic mass is 32.2. The first kappa shape index (κ1) is 19.6. The molecule has 1 fully saturated rings. The molecule has 6 heteroatoms. The van der Waals surface area contributed by atoms with E-state index in [1.54, 1.807) is 12.1 Å². The van der Waals surface area contributed by atoms with E-state index in [0.29, 0.717) is 4.91 Å². The van der Waals surface area contributed by atoms with E-state index in [2.05, 4.69) is 6.07 Å². The number of amides is 2. The van der Waals surface area contributed by atoms with Crippen molar-refractivity contribution in [3.05, 3.63) is 101 Å². The summed E-state index contributed by atoms with van der Waals surface area (Å²) in [5, 5.41) is 4.08. The van der Waals surface area contributed by atoms with E-state index >= 15 is 0 Å². The van der Waals surface area contributed by atoms with Crippen molar-refractivity contribution in [3.63, 3.8) is 0 Å². The van der Waals surface area contributed by atoms with Crippen LogP contribution in [0.5, 0.6) is 0 Å². The van der Waals surface area contributed by atoms with Crippen LogP contribution in [-0.4, -0.2) is 21.0 Å². The summed E-state index contributed by atoms with van der Waals surface area (Å²) in [6.45, 7) is 0. The largest absolute Gasteiger partial charge is 0.273 e. The molecule has 0 aromatic heterocycles. The first-order chi connectivity index (χ1) is 15.0. The normalized spacial score (nSPS) is 15.4. The smallest absolute Gasteiger partial charge is 0.268 e. The van der Waals surface area contributed by atoms with Gasteiger partial charge in [0.15, 0.2) is 4.32 Å². The van der Waals surface area contributed by atoms with Crippen LogP contribution in [0.4, 0.5) is 4.39 Å². The third-order valence-corrected chi connectivity index (χ3v) is 6.49. The Morgan fingerprint density at radius 2 is 1.48 bits per heavy atom. The summed E-state index contributed by atoms with van der Waals surface area (Å²) in [5.74, 6) is -1.99. The third kappa shape index (κ3) is 3.34. The van der Waals surface area contributed by atoms with E-state index in [1.165, 1.54) is 18.2 Å². The van der Waals surface area contributed by atoms with Gasteiger partial charge in [-0.2, -0.15) is 0 Å². The van der Waals surface area contributed by atoms with Gasteiger partial charge in [0.25, 0.3) is 11.8 Å². The molecule has 0 spiro atoms. The number of carbonyl (C=O) groups is 2. The van der Waals surface area contributed by atoms with E-state index in [0.717, 1.165) is 43.8 Å². The predicted molar refractivity (Wildman–Crippen MR) is 127 cm³/mol. The second-order valence-electron chi connectivity index (χ2n) is 7.03. The Bertz CT molecular complexity index is 1390. The lowest BCUT2D eigenvalue weighted by Crippen LogP contribution is -2.35. The second-order valence-corrected chi connectivity index (χ2v) is 8.71. The Balaban J connectivity index is 1.63. The van der Waals surface area contributed by atoms with E-state index < -0.39 is 17.6 Å². The van der Waals surface area contributed by atoms with Crippen LogP contribution in [0.2, 0.25) is 0 Å². The highest BCUT2D eigenvalue weighted by Crippen LogP contribution is 2.37. The number of carbonyl (C=O) groups excluding carboxylic acids is 2. The number of hydrogen-bond acceptors (Lipinski definition) is 4. The Hall–Kier alpha value is -3.35. The van der Waals surface area contributed by atoms with E-state index in [-0.39, 0.29) is 9.88 Å². The van der Waals surface area contributed by atoms with E-state index in [4.69, 9.17) is 12.2 Å². The molecule has 0 bridgehead atoms. The molecular formula is C25H14FNO2S2. The predicted octanol–water partition coefficient (Wildman–Crippen LogP) is 6.17. The summed E-state index contributed by atoms with van der Waals surface area (Å²) < 4.78 is 14.2. The maximum Gasteiger partial charge on any atom is 0.273 e. The van der Waals surface area contributed by atoms with Gasteiger partial charge < -0.3 is 0 Å². The summed E-state index contributed by atoms with van der Waals surface area (Å²) in [6.07, 6.45) is 1.78. The number of benzene rings is 4. The number of nitrogens with zero attached hydrogens (tertiary/aromatic N) is 1. The van der Waals surface area contributed by atoms with Crippen LogP contribution in [0.3, 0.4) is 0 Å². The van der Waals surface area contributed by atoms with Gasteiger partial charge in [0, 0.05) is 0 Å². The summed E-state index contributed by atoms with van der Waals surface area (Å²) in [6, 6.07) is 23.5. The van der Waals surface area contributed by atoms with Gasteiger partial charge in [-0.1, -0.05) is 84.6 Å². The third-order valence-electron chi connectivity index (χ3n) is 5.19. The molecule has 1 heterocycles. The lowest BCUT2D eigenvalue weighted by Gasteiger charge is -2.13. The lowest BCUT2D eigenvalue weighted by atomic mass is 9.96. The molecule has 4 aromatic rings. The maximum atomic E-state index is 14.1. The summed E-state index contributed by atoms with van der Waals surface area (Å²) in [5.41, 5.74) is 0.697. The molecular weight excluding hydrogens is 429 g/mol. The van der Waals surface area contributed by atoms with Crippen LogP contribution < -0.4 is 0 Å². The zero-order valence-electron chi connectivity index (χ0n) is 16.0. The number of thioether (sulfide) groups is 1. The molecule has 3 nitrogen and oxygen atoms in total. The highest BCUT2D eigenvalue weighted by Gasteiger charge is 2.38. The monoisotopic (exact) mass is 443 g/mol. The minimum atomic E-state index is -0.758. The number of rotatable bonds is 2. The molecule has 2 amide bonds. The van der Waals surface area contributed by atoms with Crippen molar-refractivity contribution >= 4 is 67.7 Å². The first-order valence-corrected chi connectivity index (χ1v) is 10.7. The van der Waals surface area contributed by atoms with Gasteiger partial charge in [-0.15, -0.1) is 0 Å². The summed E-state index contributed by atoms with van der Waals surface area (Å²) >= 11 is 6.35. The lowest BCUT2D eigenvalue weighted by molar-refractivity contribution is -0.120. The summed E-state index contributed by atoms with van der Waals surface area (Å²) in [7, 11) is 0. The Morgan fingerprint density at radius 3 is 2.13 bits per heavy atom. The zero-order valence-corrected chi connectivity index (χ0v) is 17.7. The van der Waals surface area contributed by atoms with Gasteiger partial charge in [-0.25, -0.2) is 9.29 Å². The van der Waals surface area contributed by atoms with Crippen LogP contribution in [0.25, 0.3) is 27.6 Å². The van der Waals surface area contributed by atoms with Crippen LogP contribution in [0.15, 0.2) is 83.8 Å². The van der Waals surface area contributed by atoms with Gasteiger partial charge in [0.1, 0.15) is 5.82 Å². The quantitative estimate of drug-likeness (QED) is 0.161. The molecule has 1 aliphatic heterocycles. The van der Waals surface area contributed by atoms with Gasteiger partial charge in [0.2, 0.25) is 0 Å². The maximum absolute atomic E-state index is 14.1. The van der Waals surface area contributed by atoms with Crippen LogP contribution in [-0.2, 0) is 4.79 Å². The zero-order chi connectivity index (χ0) is 21.5. The minimum Gasteiger partial charge on any atom is -0.268 e. The molecule has 1 saturated heterocycles. The van der Waals surface area contributed by atoms with E-state index in [1.807, 2.05) is 48.5 Å². The van der Waals surface area contributed by atoms with Gasteiger partial charge >= 0.3 is 0 Å². The average molecular weight is 444 g/mol.